The van der Waals surface area contributed by atoms with Crippen molar-refractivity contribution in [1.29, 1.82) is 0 Å². The van der Waals surface area contributed by atoms with Gasteiger partial charge in [-0.1, -0.05) is 54.6 Å². The average Bonchev–Trinajstić information content (AvgIpc) is 2.81. The van der Waals surface area contributed by atoms with E-state index in [1.807, 2.05) is 53.4 Å². The fourth-order valence-electron chi connectivity index (χ4n) is 4.41. The minimum Gasteiger partial charge on any atom is -0.335 e. The summed E-state index contributed by atoms with van der Waals surface area (Å²) in [5.74, 6) is -0.553. The molecule has 0 aliphatic carbocycles. The Morgan fingerprint density at radius 2 is 1.44 bits per heavy atom. The van der Waals surface area contributed by atoms with Crippen molar-refractivity contribution in [3.63, 3.8) is 0 Å². The summed E-state index contributed by atoms with van der Waals surface area (Å²) in [5, 5.41) is 8.50. The molecule has 34 heavy (non-hydrogen) atoms. The maximum atomic E-state index is 12.6. The Kier molecular flexibility index (Phi) is 8.51. The predicted molar refractivity (Wildman–Crippen MR) is 132 cm³/mol. The van der Waals surface area contributed by atoms with Gasteiger partial charge in [0.1, 0.15) is 0 Å². The van der Waals surface area contributed by atoms with E-state index in [4.69, 9.17) is 5.21 Å². The van der Waals surface area contributed by atoms with Gasteiger partial charge in [0.05, 0.1) is 0 Å². The summed E-state index contributed by atoms with van der Waals surface area (Å²) in [4.78, 5) is 39.7. The number of nitrogens with zero attached hydrogens (tertiary/aromatic N) is 2. The molecule has 178 valence electrons. The zero-order chi connectivity index (χ0) is 24.7. The van der Waals surface area contributed by atoms with Gasteiger partial charge >= 0.3 is 0 Å². The third-order valence-corrected chi connectivity index (χ3v) is 5.90. The number of piperazine rings is 1. The molecule has 2 N–H and O–H groups in total. The molecule has 2 amide bonds. The standard InChI is InChI=1S/C27H31N3O4/c1-19-16-29(17-20(2)30(19)21(3)31)18-24-8-12-25(13-9-24)26(32)14-10-22-4-6-23(7-5-22)11-15-27(33)28-34/h4-15,19-20,34H,16-18H2,1-3H3,(H,28,33)/b14-10+,15-11+/t19-,20?/m1/s1. The molecule has 2 aromatic carbocycles. The zero-order valence-corrected chi connectivity index (χ0v) is 19.8. The van der Waals surface area contributed by atoms with Gasteiger partial charge in [-0.3, -0.25) is 24.5 Å². The van der Waals surface area contributed by atoms with E-state index in [1.165, 1.54) is 11.6 Å². The van der Waals surface area contributed by atoms with Crippen molar-refractivity contribution >= 4 is 29.7 Å². The summed E-state index contributed by atoms with van der Waals surface area (Å²) in [6.07, 6.45) is 6.10. The van der Waals surface area contributed by atoms with Gasteiger partial charge in [0.25, 0.3) is 5.91 Å². The Labute approximate surface area is 200 Å². The molecule has 3 rings (SSSR count). The molecule has 1 aliphatic heterocycles. The van der Waals surface area contributed by atoms with Gasteiger partial charge in [-0.2, -0.15) is 0 Å². The maximum absolute atomic E-state index is 12.6. The second-order valence-electron chi connectivity index (χ2n) is 8.69. The Morgan fingerprint density at radius 1 is 0.912 bits per heavy atom. The topological polar surface area (TPSA) is 90.0 Å². The fourth-order valence-corrected chi connectivity index (χ4v) is 4.41. The number of carbonyl (C=O) groups is 3. The van der Waals surface area contributed by atoms with Gasteiger partial charge in [-0.05, 0) is 42.7 Å². The minimum atomic E-state index is -0.597. The molecule has 0 saturated carbocycles. The molecule has 0 bridgehead atoms. The number of nitrogens with one attached hydrogen (secondary N) is 1. The third kappa shape index (κ3) is 6.73. The Morgan fingerprint density at radius 3 is 1.94 bits per heavy atom. The van der Waals surface area contributed by atoms with Crippen LogP contribution in [0.3, 0.4) is 0 Å². The number of hydroxylamine groups is 1. The number of hydrogen-bond acceptors (Lipinski definition) is 5. The maximum Gasteiger partial charge on any atom is 0.267 e. The number of rotatable bonds is 7. The van der Waals surface area contributed by atoms with E-state index >= 15 is 0 Å². The first-order chi connectivity index (χ1) is 16.3. The highest BCUT2D eigenvalue weighted by atomic mass is 16.5. The lowest BCUT2D eigenvalue weighted by Gasteiger charge is -2.44. The van der Waals surface area contributed by atoms with Gasteiger partial charge in [0.15, 0.2) is 5.78 Å². The van der Waals surface area contributed by atoms with Crippen LogP contribution in [0, 0.1) is 0 Å². The van der Waals surface area contributed by atoms with Crippen LogP contribution >= 0.6 is 0 Å². The largest absolute Gasteiger partial charge is 0.335 e. The van der Waals surface area contributed by atoms with Crippen molar-refractivity contribution in [2.24, 2.45) is 0 Å². The monoisotopic (exact) mass is 461 g/mol. The first-order valence-electron chi connectivity index (χ1n) is 11.3. The van der Waals surface area contributed by atoms with E-state index in [9.17, 15) is 14.4 Å². The van der Waals surface area contributed by atoms with Gasteiger partial charge in [-0.25, -0.2) is 5.48 Å². The number of benzene rings is 2. The highest BCUT2D eigenvalue weighted by molar-refractivity contribution is 6.06. The molecule has 1 unspecified atom stereocenters. The Balaban J connectivity index is 1.56. The lowest BCUT2D eigenvalue weighted by atomic mass is 10.0. The highest BCUT2D eigenvalue weighted by Crippen LogP contribution is 2.19. The Hall–Kier alpha value is -3.55. The van der Waals surface area contributed by atoms with E-state index in [0.29, 0.717) is 5.56 Å². The SMILES string of the molecule is CC(=O)N1C(C)CN(Cc2ccc(C(=O)/C=C/c3ccc(/C=C/C(=O)NO)cc3)cc2)C[C@H]1C. The lowest BCUT2D eigenvalue weighted by molar-refractivity contribution is -0.136. The van der Waals surface area contributed by atoms with Crippen LogP contribution in [0.4, 0.5) is 0 Å². The van der Waals surface area contributed by atoms with Crippen LogP contribution in [-0.2, 0) is 16.1 Å². The molecular weight excluding hydrogens is 430 g/mol. The van der Waals surface area contributed by atoms with E-state index in [0.717, 1.165) is 36.3 Å². The van der Waals surface area contributed by atoms with E-state index in [2.05, 4.69) is 18.7 Å². The van der Waals surface area contributed by atoms with Gasteiger partial charge in [0, 0.05) is 50.3 Å². The number of amides is 2. The molecule has 1 heterocycles. The molecule has 0 spiro atoms. The molecule has 1 saturated heterocycles. The summed E-state index contributed by atoms with van der Waals surface area (Å²) in [6.45, 7) is 8.23. The zero-order valence-electron chi connectivity index (χ0n) is 19.8. The highest BCUT2D eigenvalue weighted by Gasteiger charge is 2.30. The average molecular weight is 462 g/mol. The van der Waals surface area contributed by atoms with Gasteiger partial charge in [0.2, 0.25) is 5.91 Å². The minimum absolute atomic E-state index is 0.0764. The summed E-state index contributed by atoms with van der Waals surface area (Å²) < 4.78 is 0. The number of allylic oxidation sites excluding steroid dienone is 1. The summed E-state index contributed by atoms with van der Waals surface area (Å²) in [7, 11) is 0. The van der Waals surface area contributed by atoms with Crippen molar-refractivity contribution in [2.75, 3.05) is 13.1 Å². The number of carbonyl (C=O) groups excluding carboxylic acids is 3. The first-order valence-corrected chi connectivity index (χ1v) is 11.3. The molecular formula is C27H31N3O4. The van der Waals surface area contributed by atoms with Crippen molar-refractivity contribution in [3.05, 3.63) is 82.9 Å². The summed E-state index contributed by atoms with van der Waals surface area (Å²) in [6, 6.07) is 15.3. The van der Waals surface area contributed by atoms with Crippen LogP contribution in [-0.4, -0.2) is 57.8 Å². The van der Waals surface area contributed by atoms with Gasteiger partial charge < -0.3 is 4.90 Å². The van der Waals surface area contributed by atoms with Crippen LogP contribution in [0.2, 0.25) is 0 Å². The molecule has 7 nitrogen and oxygen atoms in total. The molecule has 1 aliphatic rings. The van der Waals surface area contributed by atoms with Crippen LogP contribution in [0.15, 0.2) is 60.7 Å². The second kappa shape index (κ2) is 11.5. The normalized spacial score (nSPS) is 19.0. The molecule has 0 radical (unpaired) electrons. The van der Waals surface area contributed by atoms with Crippen LogP contribution in [0.1, 0.15) is 47.8 Å². The van der Waals surface area contributed by atoms with E-state index in [1.54, 1.807) is 25.2 Å². The lowest BCUT2D eigenvalue weighted by Crippen LogP contribution is -2.57. The third-order valence-electron chi connectivity index (χ3n) is 5.90. The molecule has 7 heteroatoms. The van der Waals surface area contributed by atoms with Gasteiger partial charge in [-0.15, -0.1) is 0 Å². The van der Waals surface area contributed by atoms with Crippen molar-refractivity contribution in [1.82, 2.24) is 15.3 Å². The van der Waals surface area contributed by atoms with Crippen LogP contribution in [0.5, 0.6) is 0 Å². The smallest absolute Gasteiger partial charge is 0.267 e. The molecule has 0 aromatic heterocycles. The number of hydrogen-bond donors (Lipinski definition) is 2. The van der Waals surface area contributed by atoms with Crippen molar-refractivity contribution in [3.8, 4) is 0 Å². The predicted octanol–water partition coefficient (Wildman–Crippen LogP) is 3.54. The Bertz CT molecular complexity index is 1060. The summed E-state index contributed by atoms with van der Waals surface area (Å²) in [5.41, 5.74) is 4.96. The molecule has 1 fully saturated rings. The van der Waals surface area contributed by atoms with Crippen LogP contribution in [0.25, 0.3) is 12.2 Å². The first kappa shape index (κ1) is 25.1. The van der Waals surface area contributed by atoms with Crippen molar-refractivity contribution in [2.45, 2.75) is 39.4 Å². The van der Waals surface area contributed by atoms with E-state index in [-0.39, 0.29) is 23.8 Å². The second-order valence-corrected chi connectivity index (χ2v) is 8.69. The fraction of sp³-hybridized carbons (Fsp3) is 0.296. The number of ketones is 1. The quantitative estimate of drug-likeness (QED) is 0.285. The molecule has 2 atom stereocenters. The molecule has 2 aromatic rings. The van der Waals surface area contributed by atoms with Crippen LogP contribution < -0.4 is 5.48 Å². The van der Waals surface area contributed by atoms with Crippen molar-refractivity contribution < 1.29 is 19.6 Å². The summed E-state index contributed by atoms with van der Waals surface area (Å²) >= 11 is 0. The van der Waals surface area contributed by atoms with E-state index < -0.39 is 5.91 Å².